The summed E-state index contributed by atoms with van der Waals surface area (Å²) in [6.45, 7) is 1.57. The molecule has 1 aliphatic rings. The number of amides is 1. The number of likely N-dealkylation sites (tertiary alicyclic amines) is 1. The number of rotatable bonds is 5. The molecule has 4 N–H and O–H groups in total. The molecule has 130 valence electrons. The van der Waals surface area contributed by atoms with Crippen LogP contribution in [0.5, 0.6) is 0 Å². The molecule has 2 aromatic heterocycles. The van der Waals surface area contributed by atoms with Crippen LogP contribution in [0.1, 0.15) is 6.42 Å². The van der Waals surface area contributed by atoms with E-state index in [0.717, 1.165) is 17.5 Å². The highest BCUT2D eigenvalue weighted by Gasteiger charge is 2.25. The summed E-state index contributed by atoms with van der Waals surface area (Å²) in [6.07, 6.45) is 9.04. The molecule has 1 saturated heterocycles. The number of hydrogen-bond acceptors (Lipinski definition) is 5. The topological polar surface area (TPSA) is 104 Å². The van der Waals surface area contributed by atoms with Gasteiger partial charge in [-0.1, -0.05) is 6.08 Å². The van der Waals surface area contributed by atoms with Crippen LogP contribution in [-0.4, -0.2) is 46.5 Å². The molecule has 0 radical (unpaired) electrons. The van der Waals surface area contributed by atoms with Crippen molar-refractivity contribution in [3.8, 4) is 11.1 Å². The maximum absolute atomic E-state index is 12.1. The first-order chi connectivity index (χ1) is 12.2. The molecular formula is C18H21N5O2. The lowest BCUT2D eigenvalue weighted by Gasteiger charge is -2.16. The van der Waals surface area contributed by atoms with E-state index >= 15 is 0 Å². The Bertz CT molecular complexity index is 816. The molecule has 7 heteroatoms. The van der Waals surface area contributed by atoms with E-state index in [9.17, 15) is 9.59 Å². The van der Waals surface area contributed by atoms with E-state index in [2.05, 4.69) is 15.3 Å². The second-order valence-electron chi connectivity index (χ2n) is 5.92. The molecule has 0 aromatic carbocycles. The first kappa shape index (κ1) is 16.9. The van der Waals surface area contributed by atoms with E-state index < -0.39 is 0 Å². The van der Waals surface area contributed by atoms with Crippen molar-refractivity contribution in [3.05, 3.63) is 59.3 Å². The Hall–Kier alpha value is -2.93. The van der Waals surface area contributed by atoms with Crippen LogP contribution in [0.4, 0.5) is 5.69 Å². The van der Waals surface area contributed by atoms with Gasteiger partial charge in [-0.05, 0) is 30.2 Å². The number of aromatic nitrogens is 2. The Balaban J connectivity index is 1.70. The van der Waals surface area contributed by atoms with Gasteiger partial charge in [-0.2, -0.15) is 0 Å². The zero-order valence-corrected chi connectivity index (χ0v) is 13.8. The van der Waals surface area contributed by atoms with Crippen LogP contribution >= 0.6 is 0 Å². The fourth-order valence-electron chi connectivity index (χ4n) is 2.87. The van der Waals surface area contributed by atoms with Gasteiger partial charge in [0.15, 0.2) is 0 Å². The third-order valence-electron chi connectivity index (χ3n) is 4.17. The van der Waals surface area contributed by atoms with Crippen molar-refractivity contribution in [3.63, 3.8) is 0 Å². The molecule has 1 unspecified atom stereocenters. The Labute approximate surface area is 145 Å². The van der Waals surface area contributed by atoms with Crippen molar-refractivity contribution in [2.24, 2.45) is 5.73 Å². The van der Waals surface area contributed by atoms with E-state index in [1.807, 2.05) is 18.2 Å². The molecule has 1 amide bonds. The first-order valence-electron chi connectivity index (χ1n) is 8.22. The summed E-state index contributed by atoms with van der Waals surface area (Å²) in [5, 5.41) is 3.26. The van der Waals surface area contributed by atoms with Crippen LogP contribution in [0.3, 0.4) is 0 Å². The van der Waals surface area contributed by atoms with Gasteiger partial charge in [0.05, 0.1) is 0 Å². The van der Waals surface area contributed by atoms with Crippen molar-refractivity contribution in [1.29, 1.82) is 0 Å². The predicted molar refractivity (Wildman–Crippen MR) is 97.1 cm³/mol. The predicted octanol–water partition coefficient (Wildman–Crippen LogP) is 0.965. The summed E-state index contributed by atoms with van der Waals surface area (Å²) >= 11 is 0. The first-order valence-corrected chi connectivity index (χ1v) is 8.22. The number of aromatic amines is 1. The Morgan fingerprint density at radius 3 is 2.96 bits per heavy atom. The van der Waals surface area contributed by atoms with Crippen LogP contribution in [-0.2, 0) is 4.79 Å². The van der Waals surface area contributed by atoms with Gasteiger partial charge in [0.25, 0.3) is 5.56 Å². The molecule has 25 heavy (non-hydrogen) atoms. The zero-order valence-electron chi connectivity index (χ0n) is 13.8. The molecule has 1 atom stereocenters. The van der Waals surface area contributed by atoms with Crippen LogP contribution in [0.2, 0.25) is 0 Å². The summed E-state index contributed by atoms with van der Waals surface area (Å²) in [6, 6.07) is 5.64. The quantitative estimate of drug-likeness (QED) is 0.704. The Morgan fingerprint density at radius 2 is 2.20 bits per heavy atom. The minimum absolute atomic E-state index is 0.0454. The second kappa shape index (κ2) is 7.76. The fraction of sp³-hybridized carbons (Fsp3) is 0.278. The monoisotopic (exact) mass is 339 g/mol. The van der Waals surface area contributed by atoms with Gasteiger partial charge in [0, 0.05) is 55.9 Å². The van der Waals surface area contributed by atoms with Crippen LogP contribution in [0.25, 0.3) is 11.1 Å². The molecule has 1 fully saturated rings. The lowest BCUT2D eigenvalue weighted by atomic mass is 10.1. The van der Waals surface area contributed by atoms with Gasteiger partial charge in [-0.3, -0.25) is 14.6 Å². The molecule has 0 spiro atoms. The molecule has 2 aromatic rings. The molecule has 3 rings (SSSR count). The highest BCUT2D eigenvalue weighted by atomic mass is 16.2. The van der Waals surface area contributed by atoms with Crippen molar-refractivity contribution in [1.82, 2.24) is 14.9 Å². The number of carbonyl (C=O) groups excluding carboxylic acids is 1. The number of nitrogens with two attached hydrogens (primary N) is 1. The van der Waals surface area contributed by atoms with E-state index in [-0.39, 0.29) is 17.5 Å². The summed E-state index contributed by atoms with van der Waals surface area (Å²) in [5.41, 5.74) is 7.58. The highest BCUT2D eigenvalue weighted by molar-refractivity contribution is 5.87. The van der Waals surface area contributed by atoms with Crippen molar-refractivity contribution in [2.45, 2.75) is 12.5 Å². The van der Waals surface area contributed by atoms with E-state index in [1.165, 1.54) is 6.08 Å². The van der Waals surface area contributed by atoms with Crippen LogP contribution in [0.15, 0.2) is 53.7 Å². The molecular weight excluding hydrogens is 318 g/mol. The van der Waals surface area contributed by atoms with Crippen LogP contribution in [0, 0.1) is 0 Å². The molecule has 0 aliphatic carbocycles. The molecule has 0 bridgehead atoms. The van der Waals surface area contributed by atoms with Gasteiger partial charge >= 0.3 is 0 Å². The standard InChI is InChI=1S/C18H21N5O2/c19-6-1-2-17(24)23-9-5-15(12-23)22-16-10-14(11-21-18(16)25)13-3-7-20-8-4-13/h1-4,7-8,10-11,15,22H,5-6,9,12,19H2,(H,21,25)/b2-1+. The van der Waals surface area contributed by atoms with E-state index in [0.29, 0.717) is 25.3 Å². The number of hydrogen-bond donors (Lipinski definition) is 3. The number of carbonyl (C=O) groups is 1. The summed E-state index contributed by atoms with van der Waals surface area (Å²) < 4.78 is 0. The molecule has 7 nitrogen and oxygen atoms in total. The van der Waals surface area contributed by atoms with Gasteiger partial charge in [0.2, 0.25) is 5.91 Å². The summed E-state index contributed by atoms with van der Waals surface area (Å²) in [7, 11) is 0. The maximum Gasteiger partial charge on any atom is 0.271 e. The fourth-order valence-corrected chi connectivity index (χ4v) is 2.87. The van der Waals surface area contributed by atoms with E-state index in [1.54, 1.807) is 29.6 Å². The average molecular weight is 339 g/mol. The van der Waals surface area contributed by atoms with Crippen molar-refractivity contribution in [2.75, 3.05) is 25.0 Å². The summed E-state index contributed by atoms with van der Waals surface area (Å²) in [4.78, 5) is 32.6. The minimum Gasteiger partial charge on any atom is -0.376 e. The highest BCUT2D eigenvalue weighted by Crippen LogP contribution is 2.20. The molecule has 0 saturated carbocycles. The van der Waals surface area contributed by atoms with Crippen LogP contribution < -0.4 is 16.6 Å². The summed E-state index contributed by atoms with van der Waals surface area (Å²) in [5.74, 6) is -0.0470. The Morgan fingerprint density at radius 1 is 1.40 bits per heavy atom. The van der Waals surface area contributed by atoms with Crippen molar-refractivity contribution < 1.29 is 4.79 Å². The zero-order chi connectivity index (χ0) is 17.6. The van der Waals surface area contributed by atoms with Crippen molar-refractivity contribution >= 4 is 11.6 Å². The van der Waals surface area contributed by atoms with Gasteiger partial charge < -0.3 is 20.9 Å². The number of nitrogens with one attached hydrogen (secondary N) is 2. The third kappa shape index (κ3) is 4.13. The maximum atomic E-state index is 12.1. The SMILES string of the molecule is NC/C=C/C(=O)N1CCC(Nc2cc(-c3ccncc3)c[nH]c2=O)C1. The smallest absolute Gasteiger partial charge is 0.271 e. The average Bonchev–Trinajstić information content (AvgIpc) is 3.11. The normalized spacial score (nSPS) is 17.2. The lowest BCUT2D eigenvalue weighted by molar-refractivity contribution is -0.125. The number of H-pyrrole nitrogens is 1. The molecule has 3 heterocycles. The number of anilines is 1. The third-order valence-corrected chi connectivity index (χ3v) is 4.17. The number of pyridine rings is 2. The largest absolute Gasteiger partial charge is 0.376 e. The molecule has 1 aliphatic heterocycles. The van der Waals surface area contributed by atoms with E-state index in [4.69, 9.17) is 5.73 Å². The second-order valence-corrected chi connectivity index (χ2v) is 5.92. The lowest BCUT2D eigenvalue weighted by Crippen LogP contribution is -2.31. The van der Waals surface area contributed by atoms with Gasteiger partial charge in [0.1, 0.15) is 5.69 Å². The van der Waals surface area contributed by atoms with Gasteiger partial charge in [-0.25, -0.2) is 0 Å². The Kier molecular flexibility index (Phi) is 5.25. The van der Waals surface area contributed by atoms with Gasteiger partial charge in [-0.15, -0.1) is 0 Å². The minimum atomic E-state index is -0.175. The number of nitrogens with zero attached hydrogens (tertiary/aromatic N) is 2.